The maximum Gasteiger partial charge on any atom is 0.196 e. The Morgan fingerprint density at radius 1 is 1.36 bits per heavy atom. The van der Waals surface area contributed by atoms with Gasteiger partial charge in [0.2, 0.25) is 0 Å². The minimum atomic E-state index is -0.262. The van der Waals surface area contributed by atoms with Gasteiger partial charge in [0.25, 0.3) is 0 Å². The molecule has 3 heteroatoms. The number of carbonyl (C=O) groups is 1. The molecule has 0 heterocycles. The van der Waals surface area contributed by atoms with Crippen LogP contribution >= 0.6 is 0 Å². The van der Waals surface area contributed by atoms with E-state index in [4.69, 9.17) is 9.47 Å². The number of aldehydes is 1. The highest BCUT2D eigenvalue weighted by Crippen LogP contribution is 2.13. The third kappa shape index (κ3) is 3.18. The molecule has 0 aliphatic carbocycles. The molecule has 0 saturated heterocycles. The predicted molar refractivity (Wildman–Crippen MR) is 53.5 cm³/mol. The zero-order valence-electron chi connectivity index (χ0n) is 8.40. The third-order valence-corrected chi connectivity index (χ3v) is 1.72. The number of rotatable bonds is 5. The van der Waals surface area contributed by atoms with Crippen LogP contribution in [0.3, 0.4) is 0 Å². The number of benzene rings is 1. The molecular weight excluding hydrogens is 180 g/mol. The van der Waals surface area contributed by atoms with E-state index >= 15 is 0 Å². The first-order chi connectivity index (χ1) is 6.76. The molecule has 0 N–H and O–H groups in total. The molecule has 0 spiro atoms. The molecule has 1 rings (SSSR count). The van der Waals surface area contributed by atoms with Gasteiger partial charge in [-0.2, -0.15) is 0 Å². The van der Waals surface area contributed by atoms with Crippen LogP contribution in [0.4, 0.5) is 0 Å². The van der Waals surface area contributed by atoms with Gasteiger partial charge in [-0.25, -0.2) is 0 Å². The van der Waals surface area contributed by atoms with Crippen LogP contribution in [0.1, 0.15) is 24.2 Å². The van der Waals surface area contributed by atoms with E-state index in [-0.39, 0.29) is 6.29 Å². The topological polar surface area (TPSA) is 35.5 Å². The van der Waals surface area contributed by atoms with Crippen molar-refractivity contribution in [2.75, 3.05) is 6.61 Å². The van der Waals surface area contributed by atoms with Crippen molar-refractivity contribution < 1.29 is 14.3 Å². The average molecular weight is 194 g/mol. The second kappa shape index (κ2) is 5.40. The Kier molecular flexibility index (Phi) is 4.13. The molecular formula is C11H14O3. The van der Waals surface area contributed by atoms with Crippen LogP contribution in [-0.4, -0.2) is 19.2 Å². The maximum atomic E-state index is 10.4. The normalized spacial score (nSPS) is 12.1. The zero-order valence-corrected chi connectivity index (χ0v) is 8.40. The van der Waals surface area contributed by atoms with Crippen molar-refractivity contribution in [2.45, 2.75) is 20.1 Å². The molecule has 0 fully saturated rings. The SMILES string of the molecule is CCOC(C)Oc1ccc(C=O)cc1. The monoisotopic (exact) mass is 194 g/mol. The van der Waals surface area contributed by atoms with E-state index in [2.05, 4.69) is 0 Å². The fourth-order valence-corrected chi connectivity index (χ4v) is 1.09. The van der Waals surface area contributed by atoms with E-state index in [1.165, 1.54) is 0 Å². The molecule has 1 aromatic rings. The van der Waals surface area contributed by atoms with Gasteiger partial charge in [-0.1, -0.05) is 0 Å². The minimum Gasteiger partial charge on any atom is -0.465 e. The van der Waals surface area contributed by atoms with Crippen LogP contribution in [-0.2, 0) is 4.74 Å². The van der Waals surface area contributed by atoms with Gasteiger partial charge < -0.3 is 9.47 Å². The number of ether oxygens (including phenoxy) is 2. The Labute approximate surface area is 83.6 Å². The Bertz CT molecular complexity index is 279. The molecule has 0 saturated carbocycles. The van der Waals surface area contributed by atoms with E-state index in [1.807, 2.05) is 13.8 Å². The minimum absolute atomic E-state index is 0.262. The first-order valence-electron chi connectivity index (χ1n) is 4.59. The second-order valence-corrected chi connectivity index (χ2v) is 2.83. The van der Waals surface area contributed by atoms with Crippen molar-refractivity contribution >= 4 is 6.29 Å². The van der Waals surface area contributed by atoms with Crippen LogP contribution in [0, 0.1) is 0 Å². The zero-order chi connectivity index (χ0) is 10.4. The Morgan fingerprint density at radius 3 is 2.50 bits per heavy atom. The lowest BCUT2D eigenvalue weighted by molar-refractivity contribution is -0.0613. The third-order valence-electron chi connectivity index (χ3n) is 1.72. The molecule has 3 nitrogen and oxygen atoms in total. The lowest BCUT2D eigenvalue weighted by Crippen LogP contribution is -2.15. The molecule has 14 heavy (non-hydrogen) atoms. The first kappa shape index (κ1) is 10.7. The molecule has 1 aromatic carbocycles. The molecule has 1 atom stereocenters. The van der Waals surface area contributed by atoms with Crippen LogP contribution in [0.15, 0.2) is 24.3 Å². The number of carbonyl (C=O) groups excluding carboxylic acids is 1. The molecule has 0 radical (unpaired) electrons. The van der Waals surface area contributed by atoms with E-state index in [0.29, 0.717) is 17.9 Å². The molecule has 0 aliphatic heterocycles. The van der Waals surface area contributed by atoms with Crippen molar-refractivity contribution in [3.63, 3.8) is 0 Å². The summed E-state index contributed by atoms with van der Waals surface area (Å²) >= 11 is 0. The van der Waals surface area contributed by atoms with Crippen LogP contribution < -0.4 is 4.74 Å². The van der Waals surface area contributed by atoms with Crippen molar-refractivity contribution in [3.05, 3.63) is 29.8 Å². The van der Waals surface area contributed by atoms with E-state index in [9.17, 15) is 4.79 Å². The van der Waals surface area contributed by atoms with Gasteiger partial charge in [0, 0.05) is 12.2 Å². The lowest BCUT2D eigenvalue weighted by atomic mass is 10.2. The molecule has 0 aromatic heterocycles. The number of hydrogen-bond donors (Lipinski definition) is 0. The molecule has 0 amide bonds. The van der Waals surface area contributed by atoms with Gasteiger partial charge in [0.1, 0.15) is 12.0 Å². The maximum absolute atomic E-state index is 10.4. The van der Waals surface area contributed by atoms with Crippen molar-refractivity contribution in [1.29, 1.82) is 0 Å². The average Bonchev–Trinajstić information content (AvgIpc) is 2.19. The summed E-state index contributed by atoms with van der Waals surface area (Å²) < 4.78 is 10.6. The van der Waals surface area contributed by atoms with Gasteiger partial charge in [-0.3, -0.25) is 4.79 Å². The molecule has 76 valence electrons. The highest BCUT2D eigenvalue weighted by Gasteiger charge is 2.01. The summed E-state index contributed by atoms with van der Waals surface area (Å²) in [6.45, 7) is 4.36. The highest BCUT2D eigenvalue weighted by molar-refractivity contribution is 5.74. The molecule has 0 bridgehead atoms. The summed E-state index contributed by atoms with van der Waals surface area (Å²) in [5, 5.41) is 0. The standard InChI is InChI=1S/C11H14O3/c1-3-13-9(2)14-11-6-4-10(8-12)5-7-11/h4-9H,3H2,1-2H3. The van der Waals surface area contributed by atoms with Crippen molar-refractivity contribution in [3.8, 4) is 5.75 Å². The Balaban J connectivity index is 2.55. The molecule has 0 aliphatic rings. The Morgan fingerprint density at radius 2 is 2.00 bits per heavy atom. The summed E-state index contributed by atoms with van der Waals surface area (Å²) in [4.78, 5) is 10.4. The fraction of sp³-hybridized carbons (Fsp3) is 0.364. The van der Waals surface area contributed by atoms with Crippen LogP contribution in [0.2, 0.25) is 0 Å². The van der Waals surface area contributed by atoms with Gasteiger partial charge in [0.15, 0.2) is 6.29 Å². The second-order valence-electron chi connectivity index (χ2n) is 2.83. The Hall–Kier alpha value is -1.35. The van der Waals surface area contributed by atoms with Gasteiger partial charge in [-0.15, -0.1) is 0 Å². The number of hydrogen-bond acceptors (Lipinski definition) is 3. The quantitative estimate of drug-likeness (QED) is 0.532. The summed E-state index contributed by atoms with van der Waals surface area (Å²) in [6.07, 6.45) is 0.539. The van der Waals surface area contributed by atoms with Crippen LogP contribution in [0.5, 0.6) is 5.75 Å². The molecule has 1 unspecified atom stereocenters. The van der Waals surface area contributed by atoms with E-state index in [1.54, 1.807) is 24.3 Å². The summed E-state index contributed by atoms with van der Waals surface area (Å²) in [5.41, 5.74) is 0.640. The van der Waals surface area contributed by atoms with Crippen LogP contribution in [0.25, 0.3) is 0 Å². The van der Waals surface area contributed by atoms with Gasteiger partial charge in [0.05, 0.1) is 0 Å². The lowest BCUT2D eigenvalue weighted by Gasteiger charge is -2.13. The van der Waals surface area contributed by atoms with E-state index in [0.717, 1.165) is 6.29 Å². The smallest absolute Gasteiger partial charge is 0.196 e. The van der Waals surface area contributed by atoms with E-state index < -0.39 is 0 Å². The van der Waals surface area contributed by atoms with Gasteiger partial charge in [-0.05, 0) is 38.1 Å². The van der Waals surface area contributed by atoms with Crippen molar-refractivity contribution in [1.82, 2.24) is 0 Å². The predicted octanol–water partition coefficient (Wildman–Crippen LogP) is 2.26. The fourth-order valence-electron chi connectivity index (χ4n) is 1.09. The van der Waals surface area contributed by atoms with Crippen molar-refractivity contribution in [2.24, 2.45) is 0 Å². The first-order valence-corrected chi connectivity index (χ1v) is 4.59. The highest BCUT2D eigenvalue weighted by atomic mass is 16.7. The largest absolute Gasteiger partial charge is 0.465 e. The summed E-state index contributed by atoms with van der Waals surface area (Å²) in [7, 11) is 0. The van der Waals surface area contributed by atoms with Gasteiger partial charge >= 0.3 is 0 Å². The summed E-state index contributed by atoms with van der Waals surface area (Å²) in [5.74, 6) is 0.705. The summed E-state index contributed by atoms with van der Waals surface area (Å²) in [6, 6.07) is 6.92.